The van der Waals surface area contributed by atoms with Crippen LogP contribution in [0.5, 0.6) is 0 Å². The van der Waals surface area contributed by atoms with Crippen molar-refractivity contribution in [2.45, 2.75) is 26.7 Å². The molecule has 0 amide bonds. The largest absolute Gasteiger partial charge is 0.292 e. The molecular formula is C10H14BrNO. The number of carbonyl (C=O) groups is 1. The molecule has 0 fully saturated rings. The summed E-state index contributed by atoms with van der Waals surface area (Å²) in [5.41, 5.74) is 0.995. The number of nitrogens with zero attached hydrogens (tertiary/aromatic N) is 1. The average molecular weight is 244 g/mol. The molecule has 0 aromatic carbocycles. The molecule has 0 heterocycles. The molecule has 0 aliphatic heterocycles. The zero-order valence-corrected chi connectivity index (χ0v) is 9.65. The third kappa shape index (κ3) is 4.78. The van der Waals surface area contributed by atoms with Crippen LogP contribution in [0, 0.1) is 0 Å². The van der Waals surface area contributed by atoms with Crippen LogP contribution in [0.1, 0.15) is 26.7 Å². The third-order valence-electron chi connectivity index (χ3n) is 1.49. The molecule has 3 heteroatoms. The first kappa shape index (κ1) is 12.3. The summed E-state index contributed by atoms with van der Waals surface area (Å²) in [6, 6.07) is 0. The first-order valence-electron chi connectivity index (χ1n) is 4.11. The Morgan fingerprint density at radius 2 is 2.00 bits per heavy atom. The van der Waals surface area contributed by atoms with Gasteiger partial charge in [0, 0.05) is 10.9 Å². The molecule has 0 aromatic rings. The predicted octanol–water partition coefficient (Wildman–Crippen LogP) is 3.24. The summed E-state index contributed by atoms with van der Waals surface area (Å²) < 4.78 is 0.679. The lowest BCUT2D eigenvalue weighted by Crippen LogP contribution is -2.01. The van der Waals surface area contributed by atoms with Gasteiger partial charge in [-0.05, 0) is 29.3 Å². The van der Waals surface area contributed by atoms with Gasteiger partial charge in [0.05, 0.1) is 11.4 Å². The summed E-state index contributed by atoms with van der Waals surface area (Å²) in [6.07, 6.45) is 1.33. The molecule has 0 aliphatic carbocycles. The van der Waals surface area contributed by atoms with E-state index in [0.29, 0.717) is 22.3 Å². The second-order valence-electron chi connectivity index (χ2n) is 2.72. The lowest BCUT2D eigenvalue weighted by molar-refractivity contribution is -0.115. The van der Waals surface area contributed by atoms with Crippen molar-refractivity contribution in [3.63, 3.8) is 0 Å². The third-order valence-corrected chi connectivity index (χ3v) is 2.07. The van der Waals surface area contributed by atoms with Crippen LogP contribution in [0.15, 0.2) is 28.3 Å². The summed E-state index contributed by atoms with van der Waals surface area (Å²) in [4.78, 5) is 15.3. The van der Waals surface area contributed by atoms with Gasteiger partial charge >= 0.3 is 0 Å². The van der Waals surface area contributed by atoms with E-state index in [1.165, 1.54) is 0 Å². The van der Waals surface area contributed by atoms with Gasteiger partial charge in [-0.25, -0.2) is 4.99 Å². The van der Waals surface area contributed by atoms with Crippen LogP contribution in [-0.4, -0.2) is 11.5 Å². The maximum absolute atomic E-state index is 11.2. The first-order chi connectivity index (χ1) is 5.99. The van der Waals surface area contributed by atoms with Gasteiger partial charge in [-0.2, -0.15) is 0 Å². The number of ketones is 1. The molecule has 0 saturated carbocycles. The van der Waals surface area contributed by atoms with E-state index in [4.69, 9.17) is 0 Å². The van der Waals surface area contributed by atoms with Crippen LogP contribution in [0.2, 0.25) is 0 Å². The van der Waals surface area contributed by atoms with Crippen molar-refractivity contribution in [3.8, 4) is 0 Å². The second kappa shape index (κ2) is 5.86. The Bertz CT molecular complexity index is 266. The molecule has 0 radical (unpaired) electrons. The van der Waals surface area contributed by atoms with Crippen molar-refractivity contribution >= 4 is 27.4 Å². The number of aliphatic imine (C=N–C) groups is 1. The maximum Gasteiger partial charge on any atom is 0.180 e. The highest BCUT2D eigenvalue weighted by Gasteiger charge is 2.04. The SMILES string of the molecule is C=C(Br)C(C)=NC(=C)C(=O)CCC. The predicted molar refractivity (Wildman–Crippen MR) is 60.2 cm³/mol. The second-order valence-corrected chi connectivity index (χ2v) is 3.68. The molecule has 13 heavy (non-hydrogen) atoms. The van der Waals surface area contributed by atoms with E-state index < -0.39 is 0 Å². The van der Waals surface area contributed by atoms with Gasteiger partial charge in [0.2, 0.25) is 0 Å². The molecule has 0 aliphatic rings. The van der Waals surface area contributed by atoms with Gasteiger partial charge in [0.1, 0.15) is 0 Å². The summed E-state index contributed by atoms with van der Waals surface area (Å²) in [6.45, 7) is 11.0. The summed E-state index contributed by atoms with van der Waals surface area (Å²) in [7, 11) is 0. The normalized spacial score (nSPS) is 11.2. The molecule has 0 saturated heterocycles. The highest BCUT2D eigenvalue weighted by Crippen LogP contribution is 2.08. The number of Topliss-reactive ketones (excluding diaryl/α,β-unsaturated/α-hetero) is 1. The molecule has 2 nitrogen and oxygen atoms in total. The smallest absolute Gasteiger partial charge is 0.180 e. The van der Waals surface area contributed by atoms with Crippen LogP contribution in [0.25, 0.3) is 0 Å². The van der Waals surface area contributed by atoms with E-state index in [2.05, 4.69) is 34.1 Å². The zero-order chi connectivity index (χ0) is 10.4. The lowest BCUT2D eigenvalue weighted by Gasteiger charge is -1.99. The minimum Gasteiger partial charge on any atom is -0.292 e. The van der Waals surface area contributed by atoms with Crippen LogP contribution >= 0.6 is 15.9 Å². The Hall–Kier alpha value is -0.700. The molecule has 0 unspecified atom stereocenters. The molecular weight excluding hydrogens is 230 g/mol. The number of rotatable bonds is 5. The van der Waals surface area contributed by atoms with Gasteiger partial charge in [0.25, 0.3) is 0 Å². The maximum atomic E-state index is 11.2. The first-order valence-corrected chi connectivity index (χ1v) is 4.90. The fourth-order valence-corrected chi connectivity index (χ4v) is 0.785. The van der Waals surface area contributed by atoms with E-state index >= 15 is 0 Å². The van der Waals surface area contributed by atoms with E-state index in [1.807, 2.05) is 6.92 Å². The highest BCUT2D eigenvalue weighted by molar-refractivity contribution is 9.12. The Balaban J connectivity index is 4.37. The van der Waals surface area contributed by atoms with Crippen molar-refractivity contribution in [1.29, 1.82) is 0 Å². The Kier molecular flexibility index (Phi) is 5.55. The number of halogens is 1. The highest BCUT2D eigenvalue weighted by atomic mass is 79.9. The minimum absolute atomic E-state index is 0.00407. The average Bonchev–Trinajstić information content (AvgIpc) is 2.04. The van der Waals surface area contributed by atoms with Gasteiger partial charge in [-0.15, -0.1) is 0 Å². The topological polar surface area (TPSA) is 29.4 Å². The van der Waals surface area contributed by atoms with Crippen LogP contribution in [-0.2, 0) is 4.79 Å². The van der Waals surface area contributed by atoms with Crippen molar-refractivity contribution in [2.24, 2.45) is 4.99 Å². The molecule has 0 atom stereocenters. The summed E-state index contributed by atoms with van der Waals surface area (Å²) in [5.74, 6) is -0.00407. The monoisotopic (exact) mass is 243 g/mol. The quantitative estimate of drug-likeness (QED) is 0.539. The zero-order valence-electron chi connectivity index (χ0n) is 8.06. The van der Waals surface area contributed by atoms with E-state index in [0.717, 1.165) is 6.42 Å². The van der Waals surface area contributed by atoms with Crippen LogP contribution in [0.3, 0.4) is 0 Å². The molecule has 0 N–H and O–H groups in total. The number of allylic oxidation sites excluding steroid dienone is 2. The molecule has 0 spiro atoms. The van der Waals surface area contributed by atoms with Gasteiger partial charge in [-0.1, -0.05) is 20.1 Å². The van der Waals surface area contributed by atoms with Crippen LogP contribution < -0.4 is 0 Å². The Morgan fingerprint density at radius 3 is 2.38 bits per heavy atom. The van der Waals surface area contributed by atoms with Crippen LogP contribution in [0.4, 0.5) is 0 Å². The number of hydrogen-bond donors (Lipinski definition) is 0. The fraction of sp³-hybridized carbons (Fsp3) is 0.400. The Morgan fingerprint density at radius 1 is 1.46 bits per heavy atom. The van der Waals surface area contributed by atoms with Gasteiger partial charge in [-0.3, -0.25) is 4.79 Å². The van der Waals surface area contributed by atoms with Crippen molar-refractivity contribution in [2.75, 3.05) is 0 Å². The number of carbonyl (C=O) groups excluding carboxylic acids is 1. The molecule has 72 valence electrons. The van der Waals surface area contributed by atoms with Crippen molar-refractivity contribution in [1.82, 2.24) is 0 Å². The minimum atomic E-state index is -0.00407. The molecule has 0 bridgehead atoms. The van der Waals surface area contributed by atoms with E-state index in [9.17, 15) is 4.79 Å². The number of hydrogen-bond acceptors (Lipinski definition) is 2. The van der Waals surface area contributed by atoms with E-state index in [1.54, 1.807) is 6.92 Å². The lowest BCUT2D eigenvalue weighted by atomic mass is 10.2. The summed E-state index contributed by atoms with van der Waals surface area (Å²) >= 11 is 3.18. The van der Waals surface area contributed by atoms with Gasteiger partial charge in [0.15, 0.2) is 5.78 Å². The standard InChI is InChI=1S/C10H14BrNO/c1-5-6-10(13)9(4)12-8(3)7(2)11/h2,4-6H2,1,3H3. The van der Waals surface area contributed by atoms with E-state index in [-0.39, 0.29) is 5.78 Å². The Labute approximate surface area is 87.6 Å². The molecule has 0 rings (SSSR count). The molecule has 0 aromatic heterocycles. The summed E-state index contributed by atoms with van der Waals surface area (Å²) in [5, 5.41) is 0. The fourth-order valence-electron chi connectivity index (χ4n) is 0.697. The van der Waals surface area contributed by atoms with Crippen molar-refractivity contribution in [3.05, 3.63) is 23.3 Å². The van der Waals surface area contributed by atoms with Crippen molar-refractivity contribution < 1.29 is 4.79 Å². The van der Waals surface area contributed by atoms with Gasteiger partial charge < -0.3 is 0 Å².